The normalized spacial score (nSPS) is 12.1. The molecule has 0 aromatic heterocycles. The number of rotatable bonds is 4. The summed E-state index contributed by atoms with van der Waals surface area (Å²) < 4.78 is 67.8. The van der Waals surface area contributed by atoms with Crippen molar-refractivity contribution < 1.29 is 41.0 Å². The predicted molar refractivity (Wildman–Crippen MR) is 34.0 cm³/mol. The molecule has 0 amide bonds. The Bertz CT molecular complexity index is 264. The van der Waals surface area contributed by atoms with E-state index in [9.17, 15) is 31.5 Å². The van der Waals surface area contributed by atoms with Crippen LogP contribution in [0.25, 0.3) is 0 Å². The van der Waals surface area contributed by atoms with Crippen LogP contribution in [0.1, 0.15) is 0 Å². The second-order valence-electron chi connectivity index (χ2n) is 2.18. The number of hydrogen-bond donors (Lipinski definition) is 0. The van der Waals surface area contributed by atoms with Gasteiger partial charge in [0.05, 0.1) is 7.11 Å². The summed E-state index contributed by atoms with van der Waals surface area (Å²) in [5.41, 5.74) is 0. The lowest BCUT2D eigenvalue weighted by Gasteiger charge is -2.21. The van der Waals surface area contributed by atoms with E-state index in [1.807, 2.05) is 0 Å². The minimum absolute atomic E-state index is 0.423. The fourth-order valence-corrected chi connectivity index (χ4v) is 0.525. The molecule has 0 bridgehead atoms. The molecule has 0 aliphatic carbocycles. The number of halogens is 5. The van der Waals surface area contributed by atoms with Crippen LogP contribution in [0.2, 0.25) is 0 Å². The summed E-state index contributed by atoms with van der Waals surface area (Å²) >= 11 is 0. The molecular formula is C6H5F5O4. The molecule has 0 aromatic rings. The van der Waals surface area contributed by atoms with E-state index in [1.165, 1.54) is 0 Å². The van der Waals surface area contributed by atoms with Crippen LogP contribution in [0.3, 0.4) is 0 Å². The maximum Gasteiger partial charge on any atom is 0.415 e. The van der Waals surface area contributed by atoms with Gasteiger partial charge < -0.3 is 9.47 Å². The Labute approximate surface area is 79.9 Å². The predicted octanol–water partition coefficient (Wildman–Crippen LogP) is 0.900. The fraction of sp³-hybridized carbons (Fsp3) is 0.667. The zero-order chi connectivity index (χ0) is 12.3. The third-order valence-corrected chi connectivity index (χ3v) is 1.28. The highest BCUT2D eigenvalue weighted by atomic mass is 19.3. The van der Waals surface area contributed by atoms with Gasteiger partial charge in [0.25, 0.3) is 0 Å². The van der Waals surface area contributed by atoms with E-state index in [0.29, 0.717) is 7.11 Å². The number of alkyl halides is 5. The standard InChI is InChI=1S/C6H5F5O4/c1-14-3(12)5(8,9)6(10,11)4(13)15-2-7/h2H2,1H3. The Morgan fingerprint density at radius 3 is 1.80 bits per heavy atom. The topological polar surface area (TPSA) is 52.6 Å². The Balaban J connectivity index is 4.99. The molecule has 0 aromatic carbocycles. The molecule has 0 saturated heterocycles. The molecule has 0 spiro atoms. The average Bonchev–Trinajstić information content (AvgIpc) is 2.16. The summed E-state index contributed by atoms with van der Waals surface area (Å²) in [7, 11) is 0.423. The van der Waals surface area contributed by atoms with Crippen LogP contribution in [0.5, 0.6) is 0 Å². The third-order valence-electron chi connectivity index (χ3n) is 1.28. The lowest BCUT2D eigenvalue weighted by Crippen LogP contribution is -2.53. The van der Waals surface area contributed by atoms with Crippen LogP contribution >= 0.6 is 0 Å². The summed E-state index contributed by atoms with van der Waals surface area (Å²) in [5.74, 6) is -16.4. The zero-order valence-electron chi connectivity index (χ0n) is 7.23. The average molecular weight is 236 g/mol. The maximum absolute atomic E-state index is 12.5. The summed E-state index contributed by atoms with van der Waals surface area (Å²) in [5, 5.41) is 0. The molecule has 0 unspecified atom stereocenters. The summed E-state index contributed by atoms with van der Waals surface area (Å²) in [4.78, 5) is 20.5. The monoisotopic (exact) mass is 236 g/mol. The molecule has 4 nitrogen and oxygen atoms in total. The van der Waals surface area contributed by atoms with Gasteiger partial charge in [-0.25, -0.2) is 14.0 Å². The van der Waals surface area contributed by atoms with E-state index in [4.69, 9.17) is 0 Å². The van der Waals surface area contributed by atoms with Gasteiger partial charge in [0.2, 0.25) is 6.86 Å². The van der Waals surface area contributed by atoms with Crippen molar-refractivity contribution in [2.75, 3.05) is 14.0 Å². The van der Waals surface area contributed by atoms with Crippen LogP contribution < -0.4 is 0 Å². The van der Waals surface area contributed by atoms with Crippen molar-refractivity contribution in [3.05, 3.63) is 0 Å². The first-order valence-corrected chi connectivity index (χ1v) is 3.29. The van der Waals surface area contributed by atoms with Gasteiger partial charge in [-0.15, -0.1) is 0 Å². The van der Waals surface area contributed by atoms with E-state index in [-0.39, 0.29) is 0 Å². The third kappa shape index (κ3) is 2.34. The van der Waals surface area contributed by atoms with Crippen molar-refractivity contribution in [1.29, 1.82) is 0 Å². The molecule has 88 valence electrons. The number of carbonyl (C=O) groups excluding carboxylic acids is 2. The highest BCUT2D eigenvalue weighted by Crippen LogP contribution is 2.36. The van der Waals surface area contributed by atoms with Gasteiger partial charge in [0.15, 0.2) is 0 Å². The first kappa shape index (κ1) is 13.6. The lowest BCUT2D eigenvalue weighted by molar-refractivity contribution is -0.238. The lowest BCUT2D eigenvalue weighted by atomic mass is 10.2. The van der Waals surface area contributed by atoms with Gasteiger partial charge >= 0.3 is 23.8 Å². The van der Waals surface area contributed by atoms with Crippen LogP contribution in [0.4, 0.5) is 22.0 Å². The number of hydrogen-bond acceptors (Lipinski definition) is 4. The molecule has 0 aliphatic rings. The van der Waals surface area contributed by atoms with E-state index in [1.54, 1.807) is 0 Å². The highest BCUT2D eigenvalue weighted by Gasteiger charge is 2.69. The Kier molecular flexibility index (Phi) is 3.99. The van der Waals surface area contributed by atoms with Crippen molar-refractivity contribution in [3.63, 3.8) is 0 Å². The maximum atomic E-state index is 12.5. The van der Waals surface area contributed by atoms with Crippen molar-refractivity contribution in [2.24, 2.45) is 0 Å². The second-order valence-corrected chi connectivity index (χ2v) is 2.18. The molecule has 9 heteroatoms. The Morgan fingerprint density at radius 1 is 1.07 bits per heavy atom. The number of esters is 2. The second kappa shape index (κ2) is 4.41. The van der Waals surface area contributed by atoms with Crippen LogP contribution in [0, 0.1) is 0 Å². The highest BCUT2D eigenvalue weighted by molar-refractivity contribution is 5.89. The molecule has 0 aliphatic heterocycles. The van der Waals surface area contributed by atoms with Gasteiger partial charge in [-0.3, -0.25) is 0 Å². The zero-order valence-corrected chi connectivity index (χ0v) is 7.23. The number of carbonyl (C=O) groups is 2. The largest absolute Gasteiger partial charge is 0.464 e. The Morgan fingerprint density at radius 2 is 1.47 bits per heavy atom. The smallest absolute Gasteiger partial charge is 0.415 e. The molecule has 0 N–H and O–H groups in total. The minimum Gasteiger partial charge on any atom is -0.464 e. The number of ether oxygens (including phenoxy) is 2. The van der Waals surface area contributed by atoms with Gasteiger partial charge in [0, 0.05) is 0 Å². The van der Waals surface area contributed by atoms with Crippen LogP contribution in [-0.2, 0) is 19.1 Å². The molecule has 0 rings (SSSR count). The van der Waals surface area contributed by atoms with Gasteiger partial charge in [-0.2, -0.15) is 17.6 Å². The van der Waals surface area contributed by atoms with E-state index in [0.717, 1.165) is 0 Å². The van der Waals surface area contributed by atoms with Crippen molar-refractivity contribution in [1.82, 2.24) is 0 Å². The molecule has 0 atom stereocenters. The molecule has 15 heavy (non-hydrogen) atoms. The van der Waals surface area contributed by atoms with Gasteiger partial charge in [-0.05, 0) is 0 Å². The van der Waals surface area contributed by atoms with E-state index >= 15 is 0 Å². The van der Waals surface area contributed by atoms with Crippen molar-refractivity contribution in [2.45, 2.75) is 11.8 Å². The molecule has 0 heterocycles. The first-order chi connectivity index (χ1) is 6.71. The van der Waals surface area contributed by atoms with E-state index in [2.05, 4.69) is 9.47 Å². The van der Waals surface area contributed by atoms with Gasteiger partial charge in [0.1, 0.15) is 0 Å². The first-order valence-electron chi connectivity index (χ1n) is 3.29. The molecule has 0 fully saturated rings. The molecule has 0 radical (unpaired) electrons. The van der Waals surface area contributed by atoms with Crippen molar-refractivity contribution in [3.8, 4) is 0 Å². The quantitative estimate of drug-likeness (QED) is 0.537. The van der Waals surface area contributed by atoms with Gasteiger partial charge in [-0.1, -0.05) is 0 Å². The van der Waals surface area contributed by atoms with Crippen LogP contribution in [0.15, 0.2) is 0 Å². The summed E-state index contributed by atoms with van der Waals surface area (Å²) in [6.07, 6.45) is 0. The summed E-state index contributed by atoms with van der Waals surface area (Å²) in [6, 6.07) is 0. The Hall–Kier alpha value is -1.41. The van der Waals surface area contributed by atoms with Crippen molar-refractivity contribution >= 4 is 11.9 Å². The molecular weight excluding hydrogens is 231 g/mol. The minimum atomic E-state index is -5.48. The summed E-state index contributed by atoms with van der Waals surface area (Å²) in [6.45, 7) is -2.01. The fourth-order valence-electron chi connectivity index (χ4n) is 0.525. The van der Waals surface area contributed by atoms with Crippen LogP contribution in [-0.4, -0.2) is 37.8 Å². The number of methoxy groups -OCH3 is 1. The molecule has 0 saturated carbocycles. The van der Waals surface area contributed by atoms with E-state index < -0.39 is 30.6 Å². The SMILES string of the molecule is COC(=O)C(F)(F)C(F)(F)C(=O)OCF.